The summed E-state index contributed by atoms with van der Waals surface area (Å²) in [5, 5.41) is 3.35. The zero-order chi connectivity index (χ0) is 9.31. The van der Waals surface area contributed by atoms with Gasteiger partial charge in [-0.25, -0.2) is 0 Å². The summed E-state index contributed by atoms with van der Waals surface area (Å²) in [7, 11) is 0. The second-order valence-corrected chi connectivity index (χ2v) is 4.62. The van der Waals surface area contributed by atoms with E-state index in [4.69, 9.17) is 11.6 Å². The van der Waals surface area contributed by atoms with E-state index in [2.05, 4.69) is 36.5 Å². The van der Waals surface area contributed by atoms with Gasteiger partial charge in [0.05, 0.1) is 4.87 Å². The van der Waals surface area contributed by atoms with Crippen LogP contribution in [0.1, 0.15) is 18.1 Å². The fraction of sp³-hybridized carbons (Fsp3) is 0.455. The fourth-order valence-electron chi connectivity index (χ4n) is 1.89. The van der Waals surface area contributed by atoms with Gasteiger partial charge in [0.15, 0.2) is 0 Å². The molecule has 1 heterocycles. The molecular formula is C11H14ClN. The first-order valence-corrected chi connectivity index (χ1v) is 5.06. The minimum absolute atomic E-state index is 0.243. The van der Waals surface area contributed by atoms with E-state index in [0.29, 0.717) is 0 Å². The van der Waals surface area contributed by atoms with Crippen LogP contribution >= 0.6 is 11.6 Å². The van der Waals surface area contributed by atoms with Gasteiger partial charge in [0, 0.05) is 6.54 Å². The van der Waals surface area contributed by atoms with Crippen molar-refractivity contribution >= 4 is 11.6 Å². The first-order valence-electron chi connectivity index (χ1n) is 4.68. The normalized spacial score (nSPS) is 27.8. The molecule has 1 aromatic rings. The van der Waals surface area contributed by atoms with Gasteiger partial charge in [-0.05, 0) is 31.0 Å². The van der Waals surface area contributed by atoms with Crippen molar-refractivity contribution in [2.75, 3.05) is 13.1 Å². The molecule has 0 radical (unpaired) electrons. The third kappa shape index (κ3) is 1.72. The van der Waals surface area contributed by atoms with Crippen molar-refractivity contribution in [3.8, 4) is 0 Å². The second-order valence-electron chi connectivity index (χ2n) is 3.78. The van der Waals surface area contributed by atoms with E-state index >= 15 is 0 Å². The van der Waals surface area contributed by atoms with E-state index in [1.54, 1.807) is 0 Å². The molecule has 1 aromatic carbocycles. The van der Waals surface area contributed by atoms with Gasteiger partial charge < -0.3 is 5.32 Å². The number of halogens is 1. The average molecular weight is 196 g/mol. The van der Waals surface area contributed by atoms with Gasteiger partial charge in [-0.3, -0.25) is 0 Å². The highest BCUT2D eigenvalue weighted by Crippen LogP contribution is 2.32. The second kappa shape index (κ2) is 3.32. The van der Waals surface area contributed by atoms with Crippen LogP contribution in [0.5, 0.6) is 0 Å². The zero-order valence-corrected chi connectivity index (χ0v) is 8.56. The van der Waals surface area contributed by atoms with E-state index < -0.39 is 0 Å². The largest absolute Gasteiger partial charge is 0.314 e. The molecular weight excluding hydrogens is 182 g/mol. The van der Waals surface area contributed by atoms with Crippen LogP contribution < -0.4 is 5.32 Å². The van der Waals surface area contributed by atoms with Crippen LogP contribution in [0.2, 0.25) is 0 Å². The molecule has 1 atom stereocenters. The molecule has 0 aliphatic carbocycles. The third-order valence-corrected chi connectivity index (χ3v) is 2.94. The first kappa shape index (κ1) is 9.04. The Kier molecular flexibility index (Phi) is 2.31. The molecule has 0 bridgehead atoms. The van der Waals surface area contributed by atoms with Crippen molar-refractivity contribution in [3.05, 3.63) is 35.4 Å². The maximum Gasteiger partial charge on any atom is 0.0793 e. The molecule has 0 saturated heterocycles. The van der Waals surface area contributed by atoms with Crippen LogP contribution in [-0.4, -0.2) is 13.1 Å². The van der Waals surface area contributed by atoms with Crippen molar-refractivity contribution in [1.82, 2.24) is 5.32 Å². The van der Waals surface area contributed by atoms with Crippen molar-refractivity contribution in [2.24, 2.45) is 0 Å². The maximum atomic E-state index is 6.44. The monoisotopic (exact) mass is 195 g/mol. The topological polar surface area (TPSA) is 12.0 Å². The van der Waals surface area contributed by atoms with E-state index in [0.717, 1.165) is 19.5 Å². The van der Waals surface area contributed by atoms with Crippen LogP contribution in [0.4, 0.5) is 0 Å². The van der Waals surface area contributed by atoms with Crippen molar-refractivity contribution in [1.29, 1.82) is 0 Å². The molecule has 0 spiro atoms. The number of benzene rings is 1. The quantitative estimate of drug-likeness (QED) is 0.627. The van der Waals surface area contributed by atoms with E-state index in [9.17, 15) is 0 Å². The van der Waals surface area contributed by atoms with Gasteiger partial charge in [-0.15, -0.1) is 11.6 Å². The summed E-state index contributed by atoms with van der Waals surface area (Å²) < 4.78 is 0. The highest BCUT2D eigenvalue weighted by atomic mass is 35.5. The highest BCUT2D eigenvalue weighted by Gasteiger charge is 2.27. The Morgan fingerprint density at radius 1 is 1.38 bits per heavy atom. The molecule has 2 heteroatoms. The van der Waals surface area contributed by atoms with E-state index in [1.807, 2.05) is 0 Å². The minimum Gasteiger partial charge on any atom is -0.314 e. The van der Waals surface area contributed by atoms with Gasteiger partial charge in [0.25, 0.3) is 0 Å². The van der Waals surface area contributed by atoms with Crippen LogP contribution in [0.15, 0.2) is 24.3 Å². The van der Waals surface area contributed by atoms with Crippen LogP contribution in [0, 0.1) is 0 Å². The van der Waals surface area contributed by atoms with Gasteiger partial charge in [0.1, 0.15) is 0 Å². The summed E-state index contributed by atoms with van der Waals surface area (Å²) in [6.45, 7) is 3.95. The van der Waals surface area contributed by atoms with Gasteiger partial charge in [-0.2, -0.15) is 0 Å². The van der Waals surface area contributed by atoms with Crippen molar-refractivity contribution in [2.45, 2.75) is 18.2 Å². The molecule has 0 aromatic heterocycles. The third-order valence-electron chi connectivity index (χ3n) is 2.61. The summed E-state index contributed by atoms with van der Waals surface area (Å²) in [6, 6.07) is 8.44. The molecule has 1 aliphatic rings. The standard InChI is InChI=1S/C11H14ClN/c1-11(12)8-13-7-6-9-4-2-3-5-10(9)11/h2-5,13H,6-8H2,1H3/t11-/m0/s1. The van der Waals surface area contributed by atoms with Crippen molar-refractivity contribution in [3.63, 3.8) is 0 Å². The van der Waals surface area contributed by atoms with Crippen LogP contribution in [0.25, 0.3) is 0 Å². The Bertz CT molecular complexity index is 307. The predicted octanol–water partition coefficient (Wildman–Crippen LogP) is 2.29. The van der Waals surface area contributed by atoms with Crippen LogP contribution in [-0.2, 0) is 11.3 Å². The average Bonchev–Trinajstić information content (AvgIpc) is 2.26. The molecule has 70 valence electrons. The Morgan fingerprint density at radius 2 is 2.15 bits per heavy atom. The predicted molar refractivity (Wildman–Crippen MR) is 56.2 cm³/mol. The number of rotatable bonds is 0. The number of hydrogen-bond acceptors (Lipinski definition) is 1. The summed E-state index contributed by atoms with van der Waals surface area (Å²) >= 11 is 6.44. The smallest absolute Gasteiger partial charge is 0.0793 e. The Labute approximate surface area is 84.1 Å². The zero-order valence-electron chi connectivity index (χ0n) is 7.81. The molecule has 0 unspecified atom stereocenters. The molecule has 1 N–H and O–H groups in total. The van der Waals surface area contributed by atoms with E-state index in [1.165, 1.54) is 11.1 Å². The lowest BCUT2D eigenvalue weighted by Crippen LogP contribution is -2.29. The lowest BCUT2D eigenvalue weighted by molar-refractivity contribution is 0.595. The fourth-order valence-corrected chi connectivity index (χ4v) is 2.17. The molecule has 1 nitrogen and oxygen atoms in total. The maximum absolute atomic E-state index is 6.44. The summed E-state index contributed by atoms with van der Waals surface area (Å²) in [5.41, 5.74) is 2.66. The number of hydrogen-bond donors (Lipinski definition) is 1. The van der Waals surface area contributed by atoms with Crippen molar-refractivity contribution < 1.29 is 0 Å². The molecule has 13 heavy (non-hydrogen) atoms. The molecule has 2 rings (SSSR count). The highest BCUT2D eigenvalue weighted by molar-refractivity contribution is 6.24. The molecule has 1 aliphatic heterocycles. The number of alkyl halides is 1. The SMILES string of the molecule is C[C@]1(Cl)CNCCc2ccccc21. The Balaban J connectivity index is 2.48. The molecule has 0 fully saturated rings. The minimum atomic E-state index is -0.243. The molecule has 0 amide bonds. The van der Waals surface area contributed by atoms with Gasteiger partial charge >= 0.3 is 0 Å². The van der Waals surface area contributed by atoms with E-state index in [-0.39, 0.29) is 4.87 Å². The summed E-state index contributed by atoms with van der Waals surface area (Å²) in [5.74, 6) is 0. The number of nitrogens with one attached hydrogen (secondary N) is 1. The number of fused-ring (bicyclic) bond motifs is 1. The Hall–Kier alpha value is -0.530. The Morgan fingerprint density at radius 3 is 3.00 bits per heavy atom. The lowest BCUT2D eigenvalue weighted by Gasteiger charge is -2.22. The lowest BCUT2D eigenvalue weighted by atomic mass is 9.95. The van der Waals surface area contributed by atoms with Gasteiger partial charge in [0.2, 0.25) is 0 Å². The molecule has 0 saturated carbocycles. The first-order chi connectivity index (χ1) is 6.20. The van der Waals surface area contributed by atoms with Crippen LogP contribution in [0.3, 0.4) is 0 Å². The summed E-state index contributed by atoms with van der Waals surface area (Å²) in [4.78, 5) is -0.243. The van der Waals surface area contributed by atoms with Gasteiger partial charge in [-0.1, -0.05) is 24.3 Å². The summed E-state index contributed by atoms with van der Waals surface area (Å²) in [6.07, 6.45) is 1.08.